The van der Waals surface area contributed by atoms with Crippen molar-refractivity contribution < 1.29 is 9.59 Å². The average molecular weight is 348 g/mol. The van der Waals surface area contributed by atoms with E-state index in [9.17, 15) is 9.59 Å². The molecule has 0 aromatic heterocycles. The topological polar surface area (TPSA) is 40.6 Å². The van der Waals surface area contributed by atoms with E-state index in [4.69, 9.17) is 0 Å². The Morgan fingerprint density at radius 1 is 1.04 bits per heavy atom. The first kappa shape index (κ1) is 17.0. The fourth-order valence-electron chi connectivity index (χ4n) is 3.88. The van der Waals surface area contributed by atoms with E-state index in [2.05, 4.69) is 17.0 Å². The molecule has 1 unspecified atom stereocenters. The summed E-state index contributed by atoms with van der Waals surface area (Å²) in [4.78, 5) is 29.5. The molecule has 0 bridgehead atoms. The summed E-state index contributed by atoms with van der Waals surface area (Å²) in [7, 11) is 0. The fourth-order valence-corrected chi connectivity index (χ4v) is 3.88. The maximum atomic E-state index is 13.2. The Morgan fingerprint density at radius 3 is 2.42 bits per heavy atom. The largest absolute Gasteiger partial charge is 0.284 e. The SMILES string of the molecule is Cc1ccc(N2C(=O)CC(N(Cc3ccccc3)C3CC3)C2=O)c(C)c1. The molecule has 2 fully saturated rings. The molecule has 1 aliphatic heterocycles. The third-order valence-corrected chi connectivity index (χ3v) is 5.34. The number of carbonyl (C=O) groups is 2. The molecule has 4 heteroatoms. The molecule has 0 N–H and O–H groups in total. The molecule has 26 heavy (non-hydrogen) atoms. The van der Waals surface area contributed by atoms with Crippen LogP contribution in [0.2, 0.25) is 0 Å². The molecule has 0 spiro atoms. The van der Waals surface area contributed by atoms with E-state index >= 15 is 0 Å². The first-order valence-electron chi connectivity index (χ1n) is 9.28. The molecule has 2 amide bonds. The second kappa shape index (κ2) is 6.69. The van der Waals surface area contributed by atoms with Gasteiger partial charge < -0.3 is 0 Å². The number of hydrogen-bond acceptors (Lipinski definition) is 3. The zero-order valence-electron chi connectivity index (χ0n) is 15.3. The van der Waals surface area contributed by atoms with Gasteiger partial charge in [0.1, 0.15) is 0 Å². The molecule has 1 aliphatic carbocycles. The Labute approximate surface area is 154 Å². The van der Waals surface area contributed by atoms with Gasteiger partial charge in [0.05, 0.1) is 18.2 Å². The van der Waals surface area contributed by atoms with Crippen molar-refractivity contribution in [1.82, 2.24) is 4.90 Å². The Balaban J connectivity index is 1.61. The van der Waals surface area contributed by atoms with E-state index < -0.39 is 0 Å². The van der Waals surface area contributed by atoms with Crippen molar-refractivity contribution in [2.75, 3.05) is 4.90 Å². The number of amides is 2. The smallest absolute Gasteiger partial charge is 0.251 e. The van der Waals surface area contributed by atoms with Crippen molar-refractivity contribution >= 4 is 17.5 Å². The molecular formula is C22H24N2O2. The summed E-state index contributed by atoms with van der Waals surface area (Å²) < 4.78 is 0. The van der Waals surface area contributed by atoms with E-state index in [0.29, 0.717) is 6.04 Å². The normalized spacial score (nSPS) is 20.3. The standard InChI is InChI=1S/C22H24N2O2/c1-15-8-11-19(16(2)12-15)24-21(25)13-20(22(24)26)23(18-9-10-18)14-17-6-4-3-5-7-17/h3-8,11-12,18,20H,9-10,13-14H2,1-2H3. The lowest BCUT2D eigenvalue weighted by molar-refractivity contribution is -0.123. The number of aryl methyl sites for hydroxylation is 2. The first-order chi connectivity index (χ1) is 12.5. The lowest BCUT2D eigenvalue weighted by Crippen LogP contribution is -2.43. The minimum atomic E-state index is -0.351. The fraction of sp³-hybridized carbons (Fsp3) is 0.364. The zero-order chi connectivity index (χ0) is 18.3. The van der Waals surface area contributed by atoms with Crippen LogP contribution in [0.25, 0.3) is 0 Å². The van der Waals surface area contributed by atoms with Crippen molar-refractivity contribution in [3.63, 3.8) is 0 Å². The number of carbonyl (C=O) groups excluding carboxylic acids is 2. The monoisotopic (exact) mass is 348 g/mol. The zero-order valence-corrected chi connectivity index (χ0v) is 15.3. The van der Waals surface area contributed by atoms with Gasteiger partial charge >= 0.3 is 0 Å². The van der Waals surface area contributed by atoms with Crippen LogP contribution in [-0.4, -0.2) is 28.8 Å². The number of benzene rings is 2. The molecule has 2 aromatic carbocycles. The summed E-state index contributed by atoms with van der Waals surface area (Å²) in [6, 6.07) is 16.1. The van der Waals surface area contributed by atoms with Gasteiger partial charge in [0.25, 0.3) is 5.91 Å². The highest BCUT2D eigenvalue weighted by atomic mass is 16.2. The highest BCUT2D eigenvalue weighted by molar-refractivity contribution is 6.22. The molecular weight excluding hydrogens is 324 g/mol. The summed E-state index contributed by atoms with van der Waals surface area (Å²) in [6.07, 6.45) is 2.48. The van der Waals surface area contributed by atoms with Gasteiger partial charge in [-0.05, 0) is 43.9 Å². The Hall–Kier alpha value is -2.46. The number of imide groups is 1. The summed E-state index contributed by atoms with van der Waals surface area (Å²) in [5, 5.41) is 0. The Kier molecular flexibility index (Phi) is 4.37. The molecule has 4 rings (SSSR count). The minimum Gasteiger partial charge on any atom is -0.284 e. The van der Waals surface area contributed by atoms with Crippen LogP contribution in [0.15, 0.2) is 48.5 Å². The molecule has 134 valence electrons. The molecule has 1 saturated heterocycles. The highest BCUT2D eigenvalue weighted by Gasteiger charge is 2.46. The van der Waals surface area contributed by atoms with Crippen LogP contribution in [0.1, 0.15) is 36.0 Å². The molecule has 2 aliphatic rings. The van der Waals surface area contributed by atoms with E-state index in [0.717, 1.165) is 36.2 Å². The number of hydrogen-bond donors (Lipinski definition) is 0. The summed E-state index contributed by atoms with van der Waals surface area (Å²) in [6.45, 7) is 4.69. The maximum Gasteiger partial charge on any atom is 0.251 e. The third-order valence-electron chi connectivity index (χ3n) is 5.34. The lowest BCUT2D eigenvalue weighted by atomic mass is 10.1. The summed E-state index contributed by atoms with van der Waals surface area (Å²) >= 11 is 0. The van der Waals surface area contributed by atoms with Gasteiger partial charge in [0.15, 0.2) is 0 Å². The van der Waals surface area contributed by atoms with Gasteiger partial charge in [-0.25, -0.2) is 4.90 Å². The molecule has 4 nitrogen and oxygen atoms in total. The van der Waals surface area contributed by atoms with E-state index in [1.807, 2.05) is 50.2 Å². The van der Waals surface area contributed by atoms with E-state index in [1.165, 1.54) is 10.5 Å². The number of nitrogens with zero attached hydrogens (tertiary/aromatic N) is 2. The molecule has 2 aromatic rings. The Morgan fingerprint density at radius 2 is 1.77 bits per heavy atom. The highest BCUT2D eigenvalue weighted by Crippen LogP contribution is 2.36. The van der Waals surface area contributed by atoms with Gasteiger partial charge in [0, 0.05) is 12.6 Å². The van der Waals surface area contributed by atoms with Crippen molar-refractivity contribution in [2.24, 2.45) is 0 Å². The summed E-state index contributed by atoms with van der Waals surface area (Å²) in [5.41, 5.74) is 4.01. The van der Waals surface area contributed by atoms with Crippen molar-refractivity contribution in [1.29, 1.82) is 0 Å². The van der Waals surface area contributed by atoms with Gasteiger partial charge in [-0.3, -0.25) is 14.5 Å². The van der Waals surface area contributed by atoms with Gasteiger partial charge in [-0.1, -0.05) is 48.0 Å². The van der Waals surface area contributed by atoms with Crippen LogP contribution in [0.5, 0.6) is 0 Å². The van der Waals surface area contributed by atoms with Gasteiger partial charge in [-0.15, -0.1) is 0 Å². The minimum absolute atomic E-state index is 0.0789. The Bertz CT molecular complexity index is 842. The van der Waals surface area contributed by atoms with Crippen LogP contribution >= 0.6 is 0 Å². The van der Waals surface area contributed by atoms with Crippen LogP contribution in [0.4, 0.5) is 5.69 Å². The van der Waals surface area contributed by atoms with E-state index in [1.54, 1.807) is 0 Å². The molecule has 1 heterocycles. The molecule has 0 radical (unpaired) electrons. The van der Waals surface area contributed by atoms with Gasteiger partial charge in [-0.2, -0.15) is 0 Å². The van der Waals surface area contributed by atoms with Gasteiger partial charge in [0.2, 0.25) is 5.91 Å². The van der Waals surface area contributed by atoms with Crippen LogP contribution in [0, 0.1) is 13.8 Å². The number of anilines is 1. The van der Waals surface area contributed by atoms with Crippen molar-refractivity contribution in [3.05, 3.63) is 65.2 Å². The van der Waals surface area contributed by atoms with Crippen LogP contribution in [0.3, 0.4) is 0 Å². The second-order valence-electron chi connectivity index (χ2n) is 7.47. The maximum absolute atomic E-state index is 13.2. The van der Waals surface area contributed by atoms with Crippen LogP contribution in [-0.2, 0) is 16.1 Å². The lowest BCUT2D eigenvalue weighted by Gasteiger charge is -2.27. The van der Waals surface area contributed by atoms with E-state index in [-0.39, 0.29) is 24.3 Å². The molecule has 1 atom stereocenters. The van der Waals surface area contributed by atoms with Crippen molar-refractivity contribution in [3.8, 4) is 0 Å². The third kappa shape index (κ3) is 3.17. The number of rotatable bonds is 5. The predicted molar refractivity (Wildman–Crippen MR) is 102 cm³/mol. The predicted octanol–water partition coefficient (Wildman–Crippen LogP) is 3.60. The average Bonchev–Trinajstić information content (AvgIpc) is 3.41. The quantitative estimate of drug-likeness (QED) is 0.775. The molecule has 1 saturated carbocycles. The second-order valence-corrected chi connectivity index (χ2v) is 7.47. The van der Waals surface area contributed by atoms with Crippen LogP contribution < -0.4 is 4.90 Å². The van der Waals surface area contributed by atoms with Crippen molar-refractivity contribution in [2.45, 2.75) is 51.7 Å². The summed E-state index contributed by atoms with van der Waals surface area (Å²) in [5.74, 6) is -0.171. The first-order valence-corrected chi connectivity index (χ1v) is 9.28.